The molecule has 2 heteroatoms. The lowest BCUT2D eigenvalue weighted by atomic mass is 9.89. The summed E-state index contributed by atoms with van der Waals surface area (Å²) >= 11 is 0. The SMILES string of the molecule is CC(C)CC(C)CC1CC(C)CCCOO1. The Kier molecular flexibility index (Phi) is 6.37. The largest absolute Gasteiger partial charge is 0.236 e. The van der Waals surface area contributed by atoms with Crippen LogP contribution in [0.1, 0.15) is 59.8 Å². The Morgan fingerprint density at radius 2 is 2.00 bits per heavy atom. The molecule has 0 aromatic rings. The molecule has 16 heavy (non-hydrogen) atoms. The Hall–Kier alpha value is -0.0800. The maximum Gasteiger partial charge on any atom is 0.0935 e. The minimum absolute atomic E-state index is 0.309. The van der Waals surface area contributed by atoms with Gasteiger partial charge in [0.2, 0.25) is 0 Å². The van der Waals surface area contributed by atoms with Crippen molar-refractivity contribution in [2.75, 3.05) is 6.61 Å². The molecule has 3 atom stereocenters. The van der Waals surface area contributed by atoms with Crippen LogP contribution in [0.4, 0.5) is 0 Å². The fourth-order valence-corrected chi connectivity index (χ4v) is 2.73. The molecule has 1 aliphatic heterocycles. The molecule has 0 spiro atoms. The molecule has 0 bridgehead atoms. The first kappa shape index (κ1) is 14.0. The Balaban J connectivity index is 2.31. The summed E-state index contributed by atoms with van der Waals surface area (Å²) in [6, 6.07) is 0. The van der Waals surface area contributed by atoms with Crippen molar-refractivity contribution in [1.29, 1.82) is 0 Å². The zero-order valence-corrected chi connectivity index (χ0v) is 11.4. The Morgan fingerprint density at radius 3 is 2.69 bits per heavy atom. The Labute approximate surface area is 101 Å². The van der Waals surface area contributed by atoms with Gasteiger partial charge in [0.05, 0.1) is 12.7 Å². The summed E-state index contributed by atoms with van der Waals surface area (Å²) in [6.07, 6.45) is 6.30. The van der Waals surface area contributed by atoms with Crippen molar-refractivity contribution >= 4 is 0 Å². The van der Waals surface area contributed by atoms with Crippen LogP contribution >= 0.6 is 0 Å². The van der Waals surface area contributed by atoms with Crippen molar-refractivity contribution in [2.45, 2.75) is 65.9 Å². The van der Waals surface area contributed by atoms with E-state index in [0.717, 1.165) is 43.6 Å². The topological polar surface area (TPSA) is 18.5 Å². The summed E-state index contributed by atoms with van der Waals surface area (Å²) in [5.41, 5.74) is 0. The second kappa shape index (κ2) is 7.29. The average molecular weight is 228 g/mol. The highest BCUT2D eigenvalue weighted by Crippen LogP contribution is 2.25. The zero-order chi connectivity index (χ0) is 12.0. The monoisotopic (exact) mass is 228 g/mol. The fraction of sp³-hybridized carbons (Fsp3) is 1.00. The number of hydrogen-bond acceptors (Lipinski definition) is 2. The van der Waals surface area contributed by atoms with Crippen molar-refractivity contribution < 1.29 is 9.78 Å². The number of rotatable bonds is 4. The molecule has 0 saturated carbocycles. The van der Waals surface area contributed by atoms with Gasteiger partial charge in [-0.1, -0.05) is 27.7 Å². The van der Waals surface area contributed by atoms with Gasteiger partial charge in [0, 0.05) is 0 Å². The number of hydrogen-bond donors (Lipinski definition) is 0. The van der Waals surface area contributed by atoms with Crippen molar-refractivity contribution in [3.8, 4) is 0 Å². The molecular weight excluding hydrogens is 200 g/mol. The van der Waals surface area contributed by atoms with Gasteiger partial charge in [0.25, 0.3) is 0 Å². The summed E-state index contributed by atoms with van der Waals surface area (Å²) < 4.78 is 0. The molecule has 3 unspecified atom stereocenters. The van der Waals surface area contributed by atoms with E-state index in [1.165, 1.54) is 12.8 Å². The fourth-order valence-electron chi connectivity index (χ4n) is 2.73. The smallest absolute Gasteiger partial charge is 0.0935 e. The van der Waals surface area contributed by atoms with Gasteiger partial charge in [0.1, 0.15) is 0 Å². The van der Waals surface area contributed by atoms with Gasteiger partial charge in [-0.25, -0.2) is 9.78 Å². The lowest BCUT2D eigenvalue weighted by molar-refractivity contribution is -0.334. The van der Waals surface area contributed by atoms with Crippen LogP contribution in [0.25, 0.3) is 0 Å². The summed E-state index contributed by atoms with van der Waals surface area (Å²) in [5, 5.41) is 0. The molecule has 2 nitrogen and oxygen atoms in total. The summed E-state index contributed by atoms with van der Waals surface area (Å²) in [6.45, 7) is 9.99. The molecule has 0 amide bonds. The van der Waals surface area contributed by atoms with Crippen LogP contribution in [0.3, 0.4) is 0 Å². The van der Waals surface area contributed by atoms with E-state index < -0.39 is 0 Å². The minimum atomic E-state index is 0.309. The zero-order valence-electron chi connectivity index (χ0n) is 11.4. The Bertz CT molecular complexity index is 180. The molecule has 0 N–H and O–H groups in total. The van der Waals surface area contributed by atoms with Crippen LogP contribution in [0.5, 0.6) is 0 Å². The predicted molar refractivity (Wildman–Crippen MR) is 67.1 cm³/mol. The molecule has 0 aromatic carbocycles. The molecule has 0 radical (unpaired) electrons. The molecule has 0 aromatic heterocycles. The standard InChI is InChI=1S/C14H28O2/c1-11(2)8-13(4)10-14-9-12(3)6-5-7-15-16-14/h11-14H,5-10H2,1-4H3. The van der Waals surface area contributed by atoms with Gasteiger partial charge in [0.15, 0.2) is 0 Å². The first-order valence-electron chi connectivity index (χ1n) is 6.86. The third-order valence-corrected chi connectivity index (χ3v) is 3.33. The molecule has 1 heterocycles. The maximum absolute atomic E-state index is 5.51. The van der Waals surface area contributed by atoms with Crippen LogP contribution in [0.2, 0.25) is 0 Å². The minimum Gasteiger partial charge on any atom is -0.236 e. The van der Waals surface area contributed by atoms with Crippen LogP contribution in [-0.4, -0.2) is 12.7 Å². The third kappa shape index (κ3) is 5.86. The van der Waals surface area contributed by atoms with Crippen LogP contribution < -0.4 is 0 Å². The van der Waals surface area contributed by atoms with Crippen molar-refractivity contribution in [3.05, 3.63) is 0 Å². The van der Waals surface area contributed by atoms with Crippen molar-refractivity contribution in [2.24, 2.45) is 17.8 Å². The van der Waals surface area contributed by atoms with Crippen LogP contribution in [0, 0.1) is 17.8 Å². The van der Waals surface area contributed by atoms with E-state index >= 15 is 0 Å². The van der Waals surface area contributed by atoms with E-state index in [1.807, 2.05) is 0 Å². The third-order valence-electron chi connectivity index (χ3n) is 3.33. The molecule has 1 rings (SSSR count). The first-order valence-corrected chi connectivity index (χ1v) is 6.86. The molecule has 1 fully saturated rings. The second-order valence-corrected chi connectivity index (χ2v) is 5.99. The van der Waals surface area contributed by atoms with Gasteiger partial charge >= 0.3 is 0 Å². The molecule has 96 valence electrons. The highest BCUT2D eigenvalue weighted by molar-refractivity contribution is 4.68. The van der Waals surface area contributed by atoms with Gasteiger partial charge in [-0.05, 0) is 49.9 Å². The normalized spacial score (nSPS) is 29.8. The van der Waals surface area contributed by atoms with Gasteiger partial charge in [-0.15, -0.1) is 0 Å². The maximum atomic E-state index is 5.51. The summed E-state index contributed by atoms with van der Waals surface area (Å²) in [4.78, 5) is 10.7. The second-order valence-electron chi connectivity index (χ2n) is 5.99. The van der Waals surface area contributed by atoms with Gasteiger partial charge in [-0.2, -0.15) is 0 Å². The quantitative estimate of drug-likeness (QED) is 0.671. The Morgan fingerprint density at radius 1 is 1.25 bits per heavy atom. The summed E-state index contributed by atoms with van der Waals surface area (Å²) in [5.74, 6) is 2.29. The van der Waals surface area contributed by atoms with Gasteiger partial charge < -0.3 is 0 Å². The predicted octanol–water partition coefficient (Wildman–Crippen LogP) is 4.20. The molecule has 1 aliphatic rings. The summed E-state index contributed by atoms with van der Waals surface area (Å²) in [7, 11) is 0. The highest BCUT2D eigenvalue weighted by atomic mass is 17.2. The van der Waals surface area contributed by atoms with Crippen molar-refractivity contribution in [1.82, 2.24) is 0 Å². The van der Waals surface area contributed by atoms with E-state index in [0.29, 0.717) is 6.10 Å². The van der Waals surface area contributed by atoms with E-state index in [1.54, 1.807) is 0 Å². The molecule has 1 saturated heterocycles. The van der Waals surface area contributed by atoms with E-state index in [4.69, 9.17) is 9.78 Å². The van der Waals surface area contributed by atoms with Crippen LogP contribution in [0.15, 0.2) is 0 Å². The lowest BCUT2D eigenvalue weighted by Gasteiger charge is -2.26. The van der Waals surface area contributed by atoms with Gasteiger partial charge in [-0.3, -0.25) is 0 Å². The first-order chi connectivity index (χ1) is 7.58. The molecular formula is C14H28O2. The van der Waals surface area contributed by atoms with Crippen LogP contribution in [-0.2, 0) is 9.78 Å². The molecule has 0 aliphatic carbocycles. The van der Waals surface area contributed by atoms with E-state index in [2.05, 4.69) is 27.7 Å². The van der Waals surface area contributed by atoms with E-state index in [-0.39, 0.29) is 0 Å². The lowest BCUT2D eigenvalue weighted by Crippen LogP contribution is -2.23. The van der Waals surface area contributed by atoms with E-state index in [9.17, 15) is 0 Å². The average Bonchev–Trinajstić information content (AvgIpc) is 2.11. The highest BCUT2D eigenvalue weighted by Gasteiger charge is 2.20. The van der Waals surface area contributed by atoms with Crippen molar-refractivity contribution in [3.63, 3.8) is 0 Å².